The summed E-state index contributed by atoms with van der Waals surface area (Å²) in [7, 11) is 0. The Morgan fingerprint density at radius 3 is 2.40 bits per heavy atom. The molecule has 1 radical (unpaired) electrons. The number of rotatable bonds is 13. The molecule has 5 atom stereocenters. The van der Waals surface area contributed by atoms with Crippen molar-refractivity contribution in [1.82, 2.24) is 0 Å². The number of ether oxygens (including phenoxy) is 3. The molecule has 6 nitrogen and oxygen atoms in total. The summed E-state index contributed by atoms with van der Waals surface area (Å²) in [4.78, 5) is 11.5. The molecular weight excluding hydrogens is 599 g/mol. The first-order valence-corrected chi connectivity index (χ1v) is 11.8. The Morgan fingerprint density at radius 1 is 1.07 bits per heavy atom. The van der Waals surface area contributed by atoms with Crippen LogP contribution in [0.5, 0.6) is 0 Å². The zero-order chi connectivity index (χ0) is 21.1. The van der Waals surface area contributed by atoms with Gasteiger partial charge in [0.2, 0.25) is 0 Å². The van der Waals surface area contributed by atoms with Crippen molar-refractivity contribution in [3.8, 4) is 0 Å². The monoisotopic (exact) mass is 641 g/mol. The third-order valence-electron chi connectivity index (χ3n) is 6.21. The van der Waals surface area contributed by atoms with Crippen LogP contribution < -0.4 is 0 Å². The number of hydrogen-bond acceptors (Lipinski definition) is 6. The van der Waals surface area contributed by atoms with Gasteiger partial charge in [-0.25, -0.2) is 0 Å². The molecule has 0 aromatic heterocycles. The van der Waals surface area contributed by atoms with Gasteiger partial charge in [0, 0.05) is 76.0 Å². The van der Waals surface area contributed by atoms with Crippen LogP contribution in [-0.2, 0) is 19.0 Å². The van der Waals surface area contributed by atoms with E-state index in [2.05, 4.69) is 0 Å². The van der Waals surface area contributed by atoms with Crippen LogP contribution in [0.15, 0.2) is 0 Å². The fraction of sp³-hybridized carbons (Fsp3) is 0.957. The summed E-state index contributed by atoms with van der Waals surface area (Å²) in [6.45, 7) is 4.55. The molecule has 2 fully saturated rings. The SMILES string of the molecule is CC(C)OC(=O)CCCCCCCCC1C(O)CC(OC2CCCCO2)[C@@H]1CO.[Ac]. The van der Waals surface area contributed by atoms with Gasteiger partial charge in [0.1, 0.15) is 0 Å². The molecule has 4 unspecified atom stereocenters. The minimum absolute atomic E-state index is 0. The third kappa shape index (κ3) is 10.6. The molecule has 173 valence electrons. The van der Waals surface area contributed by atoms with Gasteiger partial charge < -0.3 is 24.4 Å². The first-order valence-electron chi connectivity index (χ1n) is 11.8. The van der Waals surface area contributed by atoms with Crippen LogP contribution >= 0.6 is 0 Å². The van der Waals surface area contributed by atoms with E-state index in [1.54, 1.807) is 0 Å². The molecule has 1 aliphatic carbocycles. The van der Waals surface area contributed by atoms with Crippen LogP contribution in [0.3, 0.4) is 0 Å². The van der Waals surface area contributed by atoms with Crippen LogP contribution in [0.4, 0.5) is 0 Å². The zero-order valence-electron chi connectivity index (χ0n) is 19.0. The van der Waals surface area contributed by atoms with Gasteiger partial charge in [0.25, 0.3) is 0 Å². The van der Waals surface area contributed by atoms with E-state index in [-0.39, 0.29) is 87.0 Å². The van der Waals surface area contributed by atoms with Crippen molar-refractivity contribution < 1.29 is 73.3 Å². The minimum Gasteiger partial charge on any atom is -0.463 e. The summed E-state index contributed by atoms with van der Waals surface area (Å²) in [5.41, 5.74) is 0. The Balaban J connectivity index is 0.00000450. The van der Waals surface area contributed by atoms with E-state index >= 15 is 0 Å². The normalized spacial score (nSPS) is 29.0. The van der Waals surface area contributed by atoms with Crippen LogP contribution in [0, 0.1) is 55.9 Å². The summed E-state index contributed by atoms with van der Waals surface area (Å²) in [5.74, 6) is 0.0163. The van der Waals surface area contributed by atoms with Gasteiger partial charge in [-0.3, -0.25) is 4.79 Å². The number of carbonyl (C=O) groups is 1. The Hall–Kier alpha value is 0.752. The van der Waals surface area contributed by atoms with Crippen molar-refractivity contribution in [2.75, 3.05) is 13.2 Å². The summed E-state index contributed by atoms with van der Waals surface area (Å²) in [5, 5.41) is 20.4. The van der Waals surface area contributed by atoms with Crippen LogP contribution in [0.25, 0.3) is 0 Å². The van der Waals surface area contributed by atoms with E-state index in [1.165, 1.54) is 0 Å². The van der Waals surface area contributed by atoms with Gasteiger partial charge in [-0.2, -0.15) is 0 Å². The van der Waals surface area contributed by atoms with Crippen LogP contribution in [-0.4, -0.2) is 54.0 Å². The molecular formula is C23H42AcO6. The zero-order valence-corrected chi connectivity index (χ0v) is 23.7. The molecule has 0 bridgehead atoms. The number of esters is 1. The second-order valence-corrected chi connectivity index (χ2v) is 8.98. The average Bonchev–Trinajstić information content (AvgIpc) is 2.98. The fourth-order valence-electron chi connectivity index (χ4n) is 4.66. The maximum Gasteiger partial charge on any atom is 0.306 e. The minimum atomic E-state index is -0.396. The molecule has 2 aliphatic rings. The quantitative estimate of drug-likeness (QED) is 0.234. The summed E-state index contributed by atoms with van der Waals surface area (Å²) in [6, 6.07) is 0. The van der Waals surface area contributed by atoms with Crippen molar-refractivity contribution in [3.05, 3.63) is 0 Å². The summed E-state index contributed by atoms with van der Waals surface area (Å²) < 4.78 is 16.9. The maximum atomic E-state index is 11.5. The summed E-state index contributed by atoms with van der Waals surface area (Å²) in [6.07, 6.45) is 10.8. The Labute approximate surface area is 218 Å². The number of unbranched alkanes of at least 4 members (excludes halogenated alkanes) is 5. The summed E-state index contributed by atoms with van der Waals surface area (Å²) >= 11 is 0. The number of aliphatic hydroxyl groups excluding tert-OH is 2. The van der Waals surface area contributed by atoms with Gasteiger partial charge >= 0.3 is 5.97 Å². The molecule has 0 aromatic carbocycles. The first-order chi connectivity index (χ1) is 14.0. The Morgan fingerprint density at radius 2 is 1.77 bits per heavy atom. The van der Waals surface area contributed by atoms with Crippen LogP contribution in [0.2, 0.25) is 0 Å². The molecule has 1 aliphatic heterocycles. The average molecular weight is 642 g/mol. The van der Waals surface area contributed by atoms with Crippen molar-refractivity contribution in [2.24, 2.45) is 11.8 Å². The largest absolute Gasteiger partial charge is 0.463 e. The van der Waals surface area contributed by atoms with E-state index < -0.39 is 6.10 Å². The van der Waals surface area contributed by atoms with Gasteiger partial charge in [-0.05, 0) is 51.9 Å². The predicted octanol–water partition coefficient (Wildman–Crippen LogP) is 3.96. The van der Waals surface area contributed by atoms with E-state index in [0.717, 1.165) is 70.8 Å². The number of carbonyl (C=O) groups excluding carboxylic acids is 1. The van der Waals surface area contributed by atoms with Gasteiger partial charge in [0.05, 0.1) is 18.3 Å². The first kappa shape index (κ1) is 28.8. The van der Waals surface area contributed by atoms with E-state index in [4.69, 9.17) is 14.2 Å². The molecule has 0 spiro atoms. The topological polar surface area (TPSA) is 85.2 Å². The fourth-order valence-corrected chi connectivity index (χ4v) is 4.66. The molecule has 7 heteroatoms. The maximum absolute atomic E-state index is 11.5. The molecule has 0 amide bonds. The van der Waals surface area contributed by atoms with Crippen molar-refractivity contribution in [3.63, 3.8) is 0 Å². The molecule has 1 saturated carbocycles. The van der Waals surface area contributed by atoms with Crippen molar-refractivity contribution >= 4 is 5.97 Å². The second kappa shape index (κ2) is 16.4. The van der Waals surface area contributed by atoms with E-state index in [9.17, 15) is 15.0 Å². The van der Waals surface area contributed by atoms with Crippen LogP contribution in [0.1, 0.15) is 90.9 Å². The smallest absolute Gasteiger partial charge is 0.306 e. The molecule has 1 heterocycles. The third-order valence-corrected chi connectivity index (χ3v) is 6.21. The number of hydrogen-bond donors (Lipinski definition) is 2. The van der Waals surface area contributed by atoms with E-state index in [1.807, 2.05) is 13.8 Å². The van der Waals surface area contributed by atoms with Gasteiger partial charge in [0.15, 0.2) is 6.29 Å². The molecule has 1 saturated heterocycles. The van der Waals surface area contributed by atoms with Crippen molar-refractivity contribution in [2.45, 2.75) is 115 Å². The molecule has 0 aromatic rings. The Bertz CT molecular complexity index is 455. The second-order valence-electron chi connectivity index (χ2n) is 8.98. The van der Waals surface area contributed by atoms with Gasteiger partial charge in [-0.15, -0.1) is 0 Å². The number of aliphatic hydroxyl groups is 2. The Kier molecular flexibility index (Phi) is 15.7. The van der Waals surface area contributed by atoms with E-state index in [0.29, 0.717) is 12.8 Å². The molecule has 30 heavy (non-hydrogen) atoms. The van der Waals surface area contributed by atoms with Gasteiger partial charge in [-0.1, -0.05) is 32.1 Å². The molecule has 2 rings (SSSR count). The predicted molar refractivity (Wildman–Crippen MR) is 111 cm³/mol. The standard InChI is InChI=1S/C23H42O6.Ac/c1-17(2)28-22(26)12-8-6-4-3-5-7-11-18-19(16-24)21(15-20(18)25)29-23-13-9-10-14-27-23;/h17-21,23-25H,3-16H2,1-2H3;/t18?,19-,20?,21?,23?;/m1./s1. The van der Waals surface area contributed by atoms with Crippen molar-refractivity contribution in [1.29, 1.82) is 0 Å². The molecule has 2 N–H and O–H groups in total.